The molecule has 2 N–H and O–H groups in total. The van der Waals surface area contributed by atoms with Gasteiger partial charge < -0.3 is 9.84 Å². The quantitative estimate of drug-likeness (QED) is 0.808. The molecule has 0 radical (unpaired) electrons. The monoisotopic (exact) mass is 285 g/mol. The van der Waals surface area contributed by atoms with E-state index in [1.165, 1.54) is 26.4 Å². The van der Waals surface area contributed by atoms with E-state index in [2.05, 4.69) is 5.53 Å². The van der Waals surface area contributed by atoms with Crippen molar-refractivity contribution >= 4 is 5.97 Å². The van der Waals surface area contributed by atoms with Gasteiger partial charge in [-0.25, -0.2) is 14.2 Å². The first-order valence-corrected chi connectivity index (χ1v) is 5.90. The molecule has 0 bridgehead atoms. The lowest BCUT2D eigenvalue weighted by Crippen LogP contribution is -2.55. The van der Waals surface area contributed by atoms with Gasteiger partial charge in [-0.15, -0.1) is 0 Å². The summed E-state index contributed by atoms with van der Waals surface area (Å²) in [6.45, 7) is 0.419. The number of methoxy groups -OCH3 is 1. The number of aliphatic carboxylic acids is 1. The van der Waals surface area contributed by atoms with Crippen LogP contribution in [0.3, 0.4) is 0 Å². The van der Waals surface area contributed by atoms with Crippen LogP contribution in [0.5, 0.6) is 0 Å². The first kappa shape index (κ1) is 14.8. The highest BCUT2D eigenvalue weighted by atomic mass is 19.1. The number of halogens is 1. The summed E-state index contributed by atoms with van der Waals surface area (Å²) in [7, 11) is 2.63. The summed E-state index contributed by atoms with van der Waals surface area (Å²) in [6.07, 6.45) is 0. The summed E-state index contributed by atoms with van der Waals surface area (Å²) in [5.41, 5.74) is 1.97. The van der Waals surface area contributed by atoms with Crippen LogP contribution >= 0.6 is 0 Å². The van der Waals surface area contributed by atoms with Crippen LogP contribution in [0.4, 0.5) is 4.39 Å². The van der Waals surface area contributed by atoms with Crippen LogP contribution in [0.15, 0.2) is 24.3 Å². The van der Waals surface area contributed by atoms with Crippen LogP contribution in [0.2, 0.25) is 0 Å². The summed E-state index contributed by atoms with van der Waals surface area (Å²) in [4.78, 5) is 16.4. The normalized spacial score (nSPS) is 24.1. The van der Waals surface area contributed by atoms with Gasteiger partial charge in [-0.05, 0) is 17.7 Å². The van der Waals surface area contributed by atoms with Crippen molar-refractivity contribution in [2.45, 2.75) is 12.3 Å². The Balaban J connectivity index is 2.12. The number of hydrogen-bond donors (Lipinski definition) is 2. The molecule has 8 heteroatoms. The highest BCUT2D eigenvalue weighted by Crippen LogP contribution is 2.24. The number of hydroxylamine groups is 1. The van der Waals surface area contributed by atoms with Crippen LogP contribution in [0, 0.1) is 5.82 Å². The standard InChI is InChI=1S/C12H16FN3O4/c1-19-12(11(17)18)8-15(14-16(12)20-2)7-9-3-5-10(13)6-4-9/h3-6,14H,7-8H2,1-2H3,(H,17,18). The molecule has 0 amide bonds. The molecule has 1 aliphatic rings. The van der Waals surface area contributed by atoms with E-state index < -0.39 is 11.7 Å². The van der Waals surface area contributed by atoms with Gasteiger partial charge in [0.05, 0.1) is 13.7 Å². The fraction of sp³-hybridized carbons (Fsp3) is 0.417. The molecule has 1 aromatic carbocycles. The maximum absolute atomic E-state index is 12.8. The van der Waals surface area contributed by atoms with E-state index in [1.54, 1.807) is 17.1 Å². The molecule has 2 rings (SSSR count). The van der Waals surface area contributed by atoms with E-state index in [4.69, 9.17) is 9.57 Å². The smallest absolute Gasteiger partial charge is 0.356 e. The highest BCUT2D eigenvalue weighted by molar-refractivity contribution is 5.77. The number of nitrogens with zero attached hydrogens (tertiary/aromatic N) is 2. The molecular weight excluding hydrogens is 269 g/mol. The Labute approximate surface area is 115 Å². The van der Waals surface area contributed by atoms with Crippen LogP contribution in [0.25, 0.3) is 0 Å². The Morgan fingerprint density at radius 1 is 1.45 bits per heavy atom. The topological polar surface area (TPSA) is 74.3 Å². The number of carbonyl (C=O) groups is 1. The molecule has 0 saturated carbocycles. The van der Waals surface area contributed by atoms with Crippen LogP contribution in [0.1, 0.15) is 5.56 Å². The minimum Gasteiger partial charge on any atom is -0.478 e. The number of carboxylic acids is 1. The van der Waals surface area contributed by atoms with Gasteiger partial charge in [-0.3, -0.25) is 4.84 Å². The van der Waals surface area contributed by atoms with Gasteiger partial charge in [-0.1, -0.05) is 17.3 Å². The minimum atomic E-state index is -1.63. The van der Waals surface area contributed by atoms with E-state index >= 15 is 0 Å². The van der Waals surface area contributed by atoms with Gasteiger partial charge in [0.25, 0.3) is 5.72 Å². The molecule has 1 heterocycles. The predicted molar refractivity (Wildman–Crippen MR) is 66.2 cm³/mol. The SMILES string of the molecule is CON1NN(Cc2ccc(F)cc2)CC1(OC)C(=O)O. The van der Waals surface area contributed by atoms with Crippen molar-refractivity contribution in [3.63, 3.8) is 0 Å². The predicted octanol–water partition coefficient (Wildman–Crippen LogP) is 0.352. The largest absolute Gasteiger partial charge is 0.478 e. The second kappa shape index (κ2) is 5.81. The molecule has 1 atom stereocenters. The molecule has 0 aliphatic carbocycles. The summed E-state index contributed by atoms with van der Waals surface area (Å²) in [5.74, 6) is -1.49. The average molecular weight is 285 g/mol. The second-order valence-electron chi connectivity index (χ2n) is 4.35. The summed E-state index contributed by atoms with van der Waals surface area (Å²) < 4.78 is 17.9. The van der Waals surface area contributed by atoms with Crippen molar-refractivity contribution in [1.29, 1.82) is 0 Å². The van der Waals surface area contributed by atoms with Gasteiger partial charge in [0, 0.05) is 13.7 Å². The van der Waals surface area contributed by atoms with Gasteiger partial charge >= 0.3 is 5.97 Å². The zero-order valence-electron chi connectivity index (χ0n) is 11.2. The van der Waals surface area contributed by atoms with E-state index in [-0.39, 0.29) is 12.4 Å². The van der Waals surface area contributed by atoms with Gasteiger partial charge in [0.2, 0.25) is 0 Å². The third kappa shape index (κ3) is 2.65. The molecular formula is C12H16FN3O4. The number of nitrogens with one attached hydrogen (secondary N) is 1. The fourth-order valence-electron chi connectivity index (χ4n) is 2.05. The van der Waals surface area contributed by atoms with E-state index in [1.807, 2.05) is 0 Å². The van der Waals surface area contributed by atoms with Gasteiger partial charge in [-0.2, -0.15) is 5.53 Å². The van der Waals surface area contributed by atoms with Crippen LogP contribution in [-0.4, -0.2) is 47.7 Å². The Morgan fingerprint density at radius 3 is 2.55 bits per heavy atom. The molecule has 20 heavy (non-hydrogen) atoms. The van der Waals surface area contributed by atoms with Crippen molar-refractivity contribution in [1.82, 2.24) is 15.7 Å². The lowest BCUT2D eigenvalue weighted by atomic mass is 10.2. The van der Waals surface area contributed by atoms with Crippen LogP contribution in [-0.2, 0) is 20.9 Å². The van der Waals surface area contributed by atoms with Gasteiger partial charge in [0.1, 0.15) is 5.82 Å². The molecule has 0 aromatic heterocycles. The lowest BCUT2D eigenvalue weighted by Gasteiger charge is -2.28. The third-order valence-electron chi connectivity index (χ3n) is 3.11. The number of hydrazine groups is 2. The molecule has 1 unspecified atom stereocenters. The van der Waals surface area contributed by atoms with Gasteiger partial charge in [0.15, 0.2) is 0 Å². The number of benzene rings is 1. The summed E-state index contributed by atoms with van der Waals surface area (Å²) in [5, 5.41) is 12.0. The Morgan fingerprint density at radius 2 is 2.10 bits per heavy atom. The molecule has 7 nitrogen and oxygen atoms in total. The van der Waals surface area contributed by atoms with Crippen molar-refractivity contribution in [3.8, 4) is 0 Å². The molecule has 1 aliphatic heterocycles. The zero-order valence-corrected chi connectivity index (χ0v) is 11.2. The van der Waals surface area contributed by atoms with Crippen molar-refractivity contribution in [3.05, 3.63) is 35.6 Å². The van der Waals surface area contributed by atoms with E-state index in [0.717, 1.165) is 10.7 Å². The first-order chi connectivity index (χ1) is 9.51. The fourth-order valence-corrected chi connectivity index (χ4v) is 2.05. The second-order valence-corrected chi connectivity index (χ2v) is 4.35. The zero-order chi connectivity index (χ0) is 14.8. The summed E-state index contributed by atoms with van der Waals surface area (Å²) in [6, 6.07) is 5.95. The maximum atomic E-state index is 12.8. The maximum Gasteiger partial charge on any atom is 0.356 e. The van der Waals surface area contributed by atoms with Crippen LogP contribution < -0.4 is 5.53 Å². The molecule has 0 spiro atoms. The number of rotatable bonds is 5. The Bertz CT molecular complexity index is 484. The highest BCUT2D eigenvalue weighted by Gasteiger charge is 2.53. The number of carboxylic acid groups (broad SMARTS) is 1. The average Bonchev–Trinajstić information content (AvgIpc) is 2.80. The Kier molecular flexibility index (Phi) is 4.31. The van der Waals surface area contributed by atoms with Crippen molar-refractivity contribution < 1.29 is 23.9 Å². The molecule has 110 valence electrons. The minimum absolute atomic E-state index is 0.0457. The first-order valence-electron chi connectivity index (χ1n) is 5.90. The van der Waals surface area contributed by atoms with Crippen molar-refractivity contribution in [2.75, 3.05) is 20.8 Å². The number of ether oxygens (including phenoxy) is 1. The molecule has 1 aromatic rings. The summed E-state index contributed by atoms with van der Waals surface area (Å²) >= 11 is 0. The third-order valence-corrected chi connectivity index (χ3v) is 3.11. The van der Waals surface area contributed by atoms with Crippen molar-refractivity contribution in [2.24, 2.45) is 0 Å². The molecule has 1 saturated heterocycles. The molecule has 1 fully saturated rings. The number of hydrogen-bond acceptors (Lipinski definition) is 6. The lowest BCUT2D eigenvalue weighted by molar-refractivity contribution is -0.288. The Hall–Kier alpha value is -1.58. The van der Waals surface area contributed by atoms with E-state index in [0.29, 0.717) is 6.54 Å². The van der Waals surface area contributed by atoms with E-state index in [9.17, 15) is 14.3 Å².